The molecule has 0 saturated carbocycles. The summed E-state index contributed by atoms with van der Waals surface area (Å²) in [6.45, 7) is 9.17. The van der Waals surface area contributed by atoms with Gasteiger partial charge < -0.3 is 18.9 Å². The summed E-state index contributed by atoms with van der Waals surface area (Å²) < 4.78 is 22.9. The van der Waals surface area contributed by atoms with Crippen molar-refractivity contribution in [3.05, 3.63) is 35.4 Å². The highest BCUT2D eigenvalue weighted by Gasteiger charge is 2.54. The number of hydrogen-bond donors (Lipinski definition) is 0. The standard InChI is InChI=1S/C19H26O5/c1-5-17(3,4)16(20)21-13-19-22-10-18(11-23-19,12-24-19)15-8-6-14(2)7-9-15/h6-9H,5,10-13H2,1-4H3. The smallest absolute Gasteiger partial charge is 0.319 e. The molecule has 0 N–H and O–H groups in total. The lowest BCUT2D eigenvalue weighted by atomic mass is 9.81. The minimum atomic E-state index is -1.26. The lowest BCUT2D eigenvalue weighted by Crippen LogP contribution is -2.64. The quantitative estimate of drug-likeness (QED) is 0.775. The maximum absolute atomic E-state index is 12.1. The molecule has 132 valence electrons. The molecule has 1 aromatic carbocycles. The van der Waals surface area contributed by atoms with Gasteiger partial charge >= 0.3 is 11.9 Å². The summed E-state index contributed by atoms with van der Waals surface area (Å²) in [4.78, 5) is 12.1. The first-order valence-corrected chi connectivity index (χ1v) is 8.47. The molecule has 3 saturated heterocycles. The maximum atomic E-state index is 12.1. The van der Waals surface area contributed by atoms with Crippen molar-refractivity contribution in [1.82, 2.24) is 0 Å². The minimum absolute atomic E-state index is 0.0424. The van der Waals surface area contributed by atoms with Crippen molar-refractivity contribution in [3.63, 3.8) is 0 Å². The lowest BCUT2D eigenvalue weighted by molar-refractivity contribution is -0.461. The number of aryl methyl sites for hydroxylation is 1. The number of rotatable bonds is 5. The fourth-order valence-electron chi connectivity index (χ4n) is 2.77. The SMILES string of the molecule is CCC(C)(C)C(=O)OCC12OCC(c3ccc(C)cc3)(CO1)CO2. The van der Waals surface area contributed by atoms with Gasteiger partial charge in [0.25, 0.3) is 0 Å². The average molecular weight is 334 g/mol. The fourth-order valence-corrected chi connectivity index (χ4v) is 2.77. The van der Waals surface area contributed by atoms with Crippen LogP contribution in [0.1, 0.15) is 38.3 Å². The van der Waals surface area contributed by atoms with Gasteiger partial charge in [0.15, 0.2) is 6.61 Å². The van der Waals surface area contributed by atoms with Crippen LogP contribution in [0.5, 0.6) is 0 Å². The van der Waals surface area contributed by atoms with Crippen LogP contribution in [-0.2, 0) is 29.2 Å². The molecule has 0 radical (unpaired) electrons. The van der Waals surface area contributed by atoms with Crippen LogP contribution in [0.4, 0.5) is 0 Å². The highest BCUT2D eigenvalue weighted by atomic mass is 16.9. The number of fused-ring (bicyclic) bond motifs is 3. The van der Waals surface area contributed by atoms with Crippen molar-refractivity contribution in [2.75, 3.05) is 26.4 Å². The first kappa shape index (κ1) is 17.4. The zero-order valence-corrected chi connectivity index (χ0v) is 14.9. The Balaban J connectivity index is 1.63. The molecule has 3 heterocycles. The molecule has 0 unspecified atom stereocenters. The number of esters is 1. The van der Waals surface area contributed by atoms with E-state index in [1.165, 1.54) is 5.56 Å². The minimum Gasteiger partial charge on any atom is -0.457 e. The molecule has 3 aliphatic rings. The molecule has 1 aromatic rings. The summed E-state index contributed by atoms with van der Waals surface area (Å²) >= 11 is 0. The Labute approximate surface area is 143 Å². The van der Waals surface area contributed by atoms with Crippen LogP contribution in [0.2, 0.25) is 0 Å². The summed E-state index contributed by atoms with van der Waals surface area (Å²) in [5.74, 6) is -1.53. The van der Waals surface area contributed by atoms with Crippen molar-refractivity contribution in [2.45, 2.75) is 45.5 Å². The van der Waals surface area contributed by atoms with Gasteiger partial charge in [-0.05, 0) is 32.8 Å². The van der Waals surface area contributed by atoms with E-state index in [2.05, 4.69) is 31.2 Å². The molecule has 0 aliphatic carbocycles. The molecule has 0 amide bonds. The van der Waals surface area contributed by atoms with Crippen molar-refractivity contribution < 1.29 is 23.7 Å². The van der Waals surface area contributed by atoms with E-state index in [4.69, 9.17) is 18.9 Å². The molecule has 2 bridgehead atoms. The number of hydrogen-bond acceptors (Lipinski definition) is 5. The van der Waals surface area contributed by atoms with E-state index in [0.29, 0.717) is 26.2 Å². The van der Waals surface area contributed by atoms with Crippen LogP contribution in [0, 0.1) is 12.3 Å². The normalized spacial score (nSPS) is 29.5. The summed E-state index contributed by atoms with van der Waals surface area (Å²) in [7, 11) is 0. The molecule has 3 aliphatic heterocycles. The van der Waals surface area contributed by atoms with E-state index in [0.717, 1.165) is 5.56 Å². The van der Waals surface area contributed by atoms with Gasteiger partial charge in [-0.25, -0.2) is 0 Å². The number of carbonyl (C=O) groups excluding carboxylic acids is 1. The Morgan fingerprint density at radius 2 is 1.67 bits per heavy atom. The molecule has 5 heteroatoms. The Morgan fingerprint density at radius 3 is 2.17 bits per heavy atom. The van der Waals surface area contributed by atoms with Crippen LogP contribution < -0.4 is 0 Å². The molecule has 24 heavy (non-hydrogen) atoms. The number of carbonyl (C=O) groups is 1. The predicted octanol–water partition coefficient (Wildman–Crippen LogP) is 2.94. The fraction of sp³-hybridized carbons (Fsp3) is 0.632. The number of benzene rings is 1. The van der Waals surface area contributed by atoms with E-state index < -0.39 is 11.4 Å². The Bertz CT molecular complexity index is 580. The number of ether oxygens (including phenoxy) is 4. The van der Waals surface area contributed by atoms with Crippen LogP contribution in [0.15, 0.2) is 24.3 Å². The summed E-state index contributed by atoms with van der Waals surface area (Å²) in [5, 5.41) is 0. The van der Waals surface area contributed by atoms with Crippen LogP contribution >= 0.6 is 0 Å². The van der Waals surface area contributed by atoms with Crippen LogP contribution in [0.25, 0.3) is 0 Å². The largest absolute Gasteiger partial charge is 0.457 e. The molecule has 4 rings (SSSR count). The molecule has 5 nitrogen and oxygen atoms in total. The third kappa shape index (κ3) is 3.08. The van der Waals surface area contributed by atoms with Gasteiger partial charge in [0.05, 0.1) is 30.7 Å². The van der Waals surface area contributed by atoms with E-state index >= 15 is 0 Å². The molecule has 0 spiro atoms. The summed E-state index contributed by atoms with van der Waals surface area (Å²) in [5.41, 5.74) is 1.54. The Kier molecular flexibility index (Phi) is 4.45. The zero-order chi connectivity index (χ0) is 17.4. The topological polar surface area (TPSA) is 54.0 Å². The van der Waals surface area contributed by atoms with Crippen LogP contribution in [0.3, 0.4) is 0 Å². The Hall–Kier alpha value is -1.43. The molecule has 0 atom stereocenters. The predicted molar refractivity (Wildman–Crippen MR) is 88.5 cm³/mol. The van der Waals surface area contributed by atoms with Gasteiger partial charge in [-0.2, -0.15) is 0 Å². The van der Waals surface area contributed by atoms with Gasteiger partial charge in [-0.3, -0.25) is 4.79 Å². The maximum Gasteiger partial charge on any atom is 0.319 e. The second-order valence-corrected chi connectivity index (χ2v) is 7.51. The second kappa shape index (κ2) is 6.14. The summed E-state index contributed by atoms with van der Waals surface area (Å²) in [6, 6.07) is 8.34. The van der Waals surface area contributed by atoms with Crippen molar-refractivity contribution in [2.24, 2.45) is 5.41 Å². The van der Waals surface area contributed by atoms with Gasteiger partial charge in [0.1, 0.15) is 0 Å². The third-order valence-electron chi connectivity index (χ3n) is 5.19. The van der Waals surface area contributed by atoms with E-state index in [9.17, 15) is 4.79 Å². The van der Waals surface area contributed by atoms with E-state index in [1.807, 2.05) is 20.8 Å². The van der Waals surface area contributed by atoms with Crippen molar-refractivity contribution in [3.8, 4) is 0 Å². The van der Waals surface area contributed by atoms with Gasteiger partial charge in [0.2, 0.25) is 0 Å². The molecule has 0 aromatic heterocycles. The highest BCUT2D eigenvalue weighted by Crippen LogP contribution is 2.41. The zero-order valence-electron chi connectivity index (χ0n) is 14.9. The van der Waals surface area contributed by atoms with Crippen molar-refractivity contribution >= 4 is 5.97 Å². The first-order valence-electron chi connectivity index (χ1n) is 8.47. The third-order valence-corrected chi connectivity index (χ3v) is 5.19. The monoisotopic (exact) mass is 334 g/mol. The van der Waals surface area contributed by atoms with Gasteiger partial charge in [-0.15, -0.1) is 0 Å². The highest BCUT2D eigenvalue weighted by molar-refractivity contribution is 5.75. The van der Waals surface area contributed by atoms with Crippen molar-refractivity contribution in [1.29, 1.82) is 0 Å². The van der Waals surface area contributed by atoms with Crippen LogP contribution in [-0.4, -0.2) is 38.4 Å². The molecule has 3 fully saturated rings. The molecular weight excluding hydrogens is 308 g/mol. The van der Waals surface area contributed by atoms with Gasteiger partial charge in [-0.1, -0.05) is 36.8 Å². The summed E-state index contributed by atoms with van der Waals surface area (Å²) in [6.07, 6.45) is 0.706. The Morgan fingerprint density at radius 1 is 1.12 bits per heavy atom. The lowest BCUT2D eigenvalue weighted by Gasteiger charge is -2.51. The molecular formula is C19H26O5. The second-order valence-electron chi connectivity index (χ2n) is 7.51. The van der Waals surface area contributed by atoms with E-state index in [1.54, 1.807) is 0 Å². The van der Waals surface area contributed by atoms with E-state index in [-0.39, 0.29) is 18.0 Å². The average Bonchev–Trinajstić information content (AvgIpc) is 2.62. The van der Waals surface area contributed by atoms with Gasteiger partial charge in [0, 0.05) is 0 Å². The first-order chi connectivity index (χ1) is 11.3.